The molecule has 27 heavy (non-hydrogen) atoms. The highest BCUT2D eigenvalue weighted by molar-refractivity contribution is 5.76. The summed E-state index contributed by atoms with van der Waals surface area (Å²) in [5.74, 6) is -0.394. The molecule has 1 aromatic rings. The number of nitrogen functional groups attached to an aromatic ring is 1. The quantitative estimate of drug-likeness (QED) is 0.168. The van der Waals surface area contributed by atoms with Gasteiger partial charge in [0.05, 0.1) is 0 Å². The SMILES string of the molecule is Cc1cnc(N)c(=O)n1CC(=O)NC(C)(C)CC(C)(C)CCNN=C(N)N. The van der Waals surface area contributed by atoms with Crippen LogP contribution in [0.3, 0.4) is 0 Å². The molecule has 0 saturated heterocycles. The van der Waals surface area contributed by atoms with Crippen molar-refractivity contribution in [3.63, 3.8) is 0 Å². The molecule has 0 fully saturated rings. The van der Waals surface area contributed by atoms with Crippen molar-refractivity contribution in [2.24, 2.45) is 22.0 Å². The van der Waals surface area contributed by atoms with Crippen LogP contribution < -0.4 is 33.5 Å². The molecule has 8 N–H and O–H groups in total. The highest BCUT2D eigenvalue weighted by Gasteiger charge is 2.30. The van der Waals surface area contributed by atoms with Crippen molar-refractivity contribution < 1.29 is 4.79 Å². The fraction of sp³-hybridized carbons (Fsp3) is 0.647. The fourth-order valence-electron chi connectivity index (χ4n) is 3.21. The van der Waals surface area contributed by atoms with Crippen molar-refractivity contribution in [1.82, 2.24) is 20.3 Å². The summed E-state index contributed by atoms with van der Waals surface area (Å²) in [6, 6.07) is 0. The van der Waals surface area contributed by atoms with Gasteiger partial charge in [-0.05, 0) is 39.0 Å². The molecule has 1 heterocycles. The number of anilines is 1. The fourth-order valence-corrected chi connectivity index (χ4v) is 3.21. The monoisotopic (exact) mass is 380 g/mol. The largest absolute Gasteiger partial charge is 0.379 e. The van der Waals surface area contributed by atoms with Gasteiger partial charge in [-0.15, -0.1) is 5.10 Å². The van der Waals surface area contributed by atoms with Crippen molar-refractivity contribution in [3.8, 4) is 0 Å². The first-order valence-corrected chi connectivity index (χ1v) is 8.77. The summed E-state index contributed by atoms with van der Waals surface area (Å²) in [5.41, 5.74) is 18.5. The van der Waals surface area contributed by atoms with Crippen molar-refractivity contribution in [3.05, 3.63) is 22.2 Å². The minimum Gasteiger partial charge on any atom is -0.379 e. The number of hydrogen-bond acceptors (Lipinski definition) is 6. The van der Waals surface area contributed by atoms with Crippen molar-refractivity contribution in [2.45, 2.75) is 59.5 Å². The third-order valence-electron chi connectivity index (χ3n) is 4.10. The molecule has 10 heteroatoms. The summed E-state index contributed by atoms with van der Waals surface area (Å²) in [5, 5.41) is 6.74. The van der Waals surface area contributed by atoms with Gasteiger partial charge in [-0.25, -0.2) is 4.98 Å². The van der Waals surface area contributed by atoms with E-state index in [4.69, 9.17) is 17.2 Å². The molecule has 10 nitrogen and oxygen atoms in total. The van der Waals surface area contributed by atoms with Crippen LogP contribution in [0.1, 0.15) is 46.2 Å². The molecule has 0 bridgehead atoms. The van der Waals surface area contributed by atoms with E-state index in [0.29, 0.717) is 12.2 Å². The summed E-state index contributed by atoms with van der Waals surface area (Å²) in [6.07, 6.45) is 3.01. The molecular formula is C17H32N8O2. The molecule has 152 valence electrons. The Morgan fingerprint density at radius 2 is 1.93 bits per heavy atom. The van der Waals surface area contributed by atoms with Gasteiger partial charge in [0.1, 0.15) is 6.54 Å². The lowest BCUT2D eigenvalue weighted by Crippen LogP contribution is -2.48. The number of nitrogens with zero attached hydrogens (tertiary/aromatic N) is 3. The minimum absolute atomic E-state index is 0.0114. The number of hydrogen-bond donors (Lipinski definition) is 5. The van der Waals surface area contributed by atoms with Crippen LogP contribution in [-0.4, -0.2) is 33.5 Å². The molecule has 1 amide bonds. The number of rotatable bonds is 9. The maximum absolute atomic E-state index is 12.5. The summed E-state index contributed by atoms with van der Waals surface area (Å²) in [7, 11) is 0. The van der Waals surface area contributed by atoms with Crippen molar-refractivity contribution >= 4 is 17.7 Å². The van der Waals surface area contributed by atoms with Gasteiger partial charge in [-0.2, -0.15) is 0 Å². The Kier molecular flexibility index (Phi) is 7.21. The summed E-state index contributed by atoms with van der Waals surface area (Å²) in [6.45, 7) is 10.3. The first-order chi connectivity index (χ1) is 12.3. The molecule has 0 spiro atoms. The van der Waals surface area contributed by atoms with Crippen LogP contribution in [0.15, 0.2) is 16.1 Å². The Balaban J connectivity index is 2.68. The number of nitrogens with two attached hydrogens (primary N) is 3. The van der Waals surface area contributed by atoms with E-state index in [1.807, 2.05) is 13.8 Å². The molecule has 1 rings (SSSR count). The zero-order valence-electron chi connectivity index (χ0n) is 16.8. The third kappa shape index (κ3) is 7.55. The van der Waals surface area contributed by atoms with Crippen LogP contribution in [0.25, 0.3) is 0 Å². The maximum Gasteiger partial charge on any atom is 0.293 e. The number of carbonyl (C=O) groups is 1. The van der Waals surface area contributed by atoms with Crippen LogP contribution in [0.2, 0.25) is 0 Å². The second-order valence-electron chi connectivity index (χ2n) is 8.14. The van der Waals surface area contributed by atoms with Gasteiger partial charge in [0.25, 0.3) is 5.56 Å². The number of aromatic nitrogens is 2. The van der Waals surface area contributed by atoms with Crippen LogP contribution in [0.4, 0.5) is 5.82 Å². The van der Waals surface area contributed by atoms with E-state index in [1.54, 1.807) is 6.92 Å². The zero-order chi connectivity index (χ0) is 20.8. The van der Waals surface area contributed by atoms with Crippen LogP contribution in [0, 0.1) is 12.3 Å². The van der Waals surface area contributed by atoms with Gasteiger partial charge in [0, 0.05) is 24.0 Å². The Labute approximate surface area is 159 Å². The van der Waals surface area contributed by atoms with Crippen molar-refractivity contribution in [1.29, 1.82) is 0 Å². The highest BCUT2D eigenvalue weighted by Crippen LogP contribution is 2.30. The number of amides is 1. The van der Waals surface area contributed by atoms with E-state index in [-0.39, 0.29) is 29.6 Å². The predicted octanol–water partition coefficient (Wildman–Crippen LogP) is -0.387. The van der Waals surface area contributed by atoms with Gasteiger partial charge >= 0.3 is 0 Å². The molecule has 0 atom stereocenters. The maximum atomic E-state index is 12.5. The number of hydrazone groups is 1. The van der Waals surface area contributed by atoms with Crippen LogP contribution in [-0.2, 0) is 11.3 Å². The smallest absolute Gasteiger partial charge is 0.293 e. The number of guanidine groups is 1. The molecule has 1 aromatic heterocycles. The summed E-state index contributed by atoms with van der Waals surface area (Å²) >= 11 is 0. The molecule has 0 aliphatic heterocycles. The van der Waals surface area contributed by atoms with Gasteiger partial charge < -0.3 is 27.9 Å². The van der Waals surface area contributed by atoms with Crippen molar-refractivity contribution in [2.75, 3.05) is 12.3 Å². The number of nitrogens with one attached hydrogen (secondary N) is 2. The Bertz CT molecular complexity index is 748. The lowest BCUT2D eigenvalue weighted by Gasteiger charge is -2.35. The van der Waals surface area contributed by atoms with Crippen LogP contribution in [0.5, 0.6) is 0 Å². The topological polar surface area (TPSA) is 166 Å². The molecule has 0 aromatic carbocycles. The lowest BCUT2D eigenvalue weighted by molar-refractivity contribution is -0.123. The van der Waals surface area contributed by atoms with E-state index >= 15 is 0 Å². The summed E-state index contributed by atoms with van der Waals surface area (Å²) in [4.78, 5) is 28.3. The van der Waals surface area contributed by atoms with E-state index in [0.717, 1.165) is 12.8 Å². The lowest BCUT2D eigenvalue weighted by atomic mass is 9.77. The first-order valence-electron chi connectivity index (χ1n) is 8.77. The Morgan fingerprint density at radius 1 is 1.30 bits per heavy atom. The van der Waals surface area contributed by atoms with Gasteiger partial charge in [0.2, 0.25) is 11.9 Å². The molecule has 0 aliphatic carbocycles. The molecular weight excluding hydrogens is 348 g/mol. The standard InChI is InChI=1S/C17H32N8O2/c1-11-8-21-13(18)14(27)25(11)9-12(26)23-17(4,5)10-16(2,3)6-7-22-24-15(19)20/h8,22H,6-7,9-10H2,1-5H3,(H2,18,21)(H,23,26)(H4,19,20,24). The summed E-state index contributed by atoms with van der Waals surface area (Å²) < 4.78 is 1.32. The number of aryl methyl sites for hydroxylation is 1. The Morgan fingerprint density at radius 3 is 2.52 bits per heavy atom. The second-order valence-corrected chi connectivity index (χ2v) is 8.14. The van der Waals surface area contributed by atoms with E-state index in [1.165, 1.54) is 10.8 Å². The second kappa shape index (κ2) is 8.74. The van der Waals surface area contributed by atoms with E-state index in [9.17, 15) is 9.59 Å². The molecule has 0 saturated carbocycles. The van der Waals surface area contributed by atoms with Gasteiger partial charge in [-0.1, -0.05) is 13.8 Å². The molecule has 0 radical (unpaired) electrons. The molecule has 0 unspecified atom stereocenters. The number of carbonyl (C=O) groups excluding carboxylic acids is 1. The van der Waals surface area contributed by atoms with Gasteiger partial charge in [0.15, 0.2) is 5.82 Å². The highest BCUT2D eigenvalue weighted by atomic mass is 16.2. The van der Waals surface area contributed by atoms with E-state index in [2.05, 4.69) is 34.7 Å². The first kappa shape index (κ1) is 22.3. The predicted molar refractivity (Wildman–Crippen MR) is 107 cm³/mol. The van der Waals surface area contributed by atoms with Gasteiger partial charge in [-0.3, -0.25) is 14.2 Å². The third-order valence-corrected chi connectivity index (χ3v) is 4.10. The van der Waals surface area contributed by atoms with Crippen LogP contribution >= 0.6 is 0 Å². The minimum atomic E-state index is -0.465. The Hall–Kier alpha value is -2.78. The average molecular weight is 380 g/mol. The normalized spacial score (nSPS) is 11.7. The zero-order valence-corrected chi connectivity index (χ0v) is 16.8. The average Bonchev–Trinajstić information content (AvgIpc) is 2.50. The van der Waals surface area contributed by atoms with E-state index < -0.39 is 11.1 Å². The molecule has 0 aliphatic rings.